The van der Waals surface area contributed by atoms with Gasteiger partial charge >= 0.3 is 116 Å². The Hall–Kier alpha value is 2.33. The van der Waals surface area contributed by atoms with Crippen LogP contribution in [-0.2, 0) is 30.4 Å². The molecule has 24 heteroatoms. The Balaban J connectivity index is -0.0000000580. The van der Waals surface area contributed by atoms with Crippen LogP contribution in [-0.4, -0.2) is 55.4 Å². The summed E-state index contributed by atoms with van der Waals surface area (Å²) in [6.07, 6.45) is 0. The molecule has 0 heterocycles. The van der Waals surface area contributed by atoms with Crippen LogP contribution in [0, 0.1) is 0 Å². The molecule has 0 saturated heterocycles. The average Bonchev–Trinajstić information content (AvgIpc) is 2.08. The molecule has 0 radical (unpaired) electrons. The predicted octanol–water partition coefficient (Wildman–Crippen LogP) is -8.83. The summed E-state index contributed by atoms with van der Waals surface area (Å²) in [5, 5.41) is 0. The van der Waals surface area contributed by atoms with E-state index in [4.69, 9.17) is 38.9 Å². The minimum absolute atomic E-state index is 0. The van der Waals surface area contributed by atoms with Crippen LogP contribution in [0.15, 0.2) is 0 Å². The third-order valence-electron chi connectivity index (χ3n) is 0.850. The van der Waals surface area contributed by atoms with E-state index in [2.05, 4.69) is 0 Å². The molecule has 27 heavy (non-hydrogen) atoms. The van der Waals surface area contributed by atoms with Gasteiger partial charge in [0.1, 0.15) is 0 Å². The summed E-state index contributed by atoms with van der Waals surface area (Å²) in [6.45, 7) is 0. The quantitative estimate of drug-likeness (QED) is 0.131. The first-order chi connectivity index (χ1) is 9.75. The molecule has 0 atom stereocenters. The molecule has 0 rings (SSSR count). The maximum absolute atomic E-state index is 10.7. The Labute approximate surface area is 221 Å². The minimum atomic E-state index is -6.09. The second-order valence-corrected chi connectivity index (χ2v) is 6.81. The van der Waals surface area contributed by atoms with E-state index in [1.54, 1.807) is 0 Å². The van der Waals surface area contributed by atoms with E-state index in [0.717, 1.165) is 0 Å². The van der Waals surface area contributed by atoms with Crippen LogP contribution in [0.1, 0.15) is 0 Å². The Morgan fingerprint density at radius 2 is 0.519 bits per heavy atom. The maximum Gasteiger partial charge on any atom is 1.00 e. The monoisotopic (exact) mass is 516 g/mol. The van der Waals surface area contributed by atoms with Crippen molar-refractivity contribution in [3.8, 4) is 0 Å². The minimum Gasteiger partial charge on any atom is -0.741 e. The van der Waals surface area contributed by atoms with Crippen molar-refractivity contribution < 1.29 is 178 Å². The van der Waals surface area contributed by atoms with Gasteiger partial charge in [0.25, 0.3) is 0 Å². The van der Waals surface area contributed by atoms with Gasteiger partial charge in [0.05, 0.1) is 0 Å². The molecule has 0 unspecified atom stereocenters. The number of hydrogen-bond donors (Lipinski definition) is 0. The fourth-order valence-electron chi connectivity index (χ4n) is 0. The van der Waals surface area contributed by atoms with Crippen LogP contribution >= 0.6 is 0 Å². The molecule has 150 valence electrons. The molecule has 0 aliphatic carbocycles. The van der Waals surface area contributed by atoms with Crippen molar-refractivity contribution in [1.29, 1.82) is 0 Å². The Morgan fingerprint density at radius 3 is 0.519 bits per heavy atom. The van der Waals surface area contributed by atoms with Crippen molar-refractivity contribution in [2.75, 3.05) is 0 Å². The molecule has 0 aromatic heterocycles. The van der Waals surface area contributed by atoms with Crippen molar-refractivity contribution in [3.05, 3.63) is 0 Å². The smallest absolute Gasteiger partial charge is 0.741 e. The van der Waals surface area contributed by atoms with Crippen LogP contribution in [0.4, 0.5) is 39.5 Å². The molecule has 0 spiro atoms. The van der Waals surface area contributed by atoms with Gasteiger partial charge in [-0.15, -0.1) is 0 Å². The van der Waals surface area contributed by atoms with Crippen molar-refractivity contribution in [1.82, 2.24) is 0 Å². The van der Waals surface area contributed by atoms with Crippen LogP contribution in [0.5, 0.6) is 0 Å². The van der Waals surface area contributed by atoms with Crippen LogP contribution in [0.3, 0.4) is 0 Å². The van der Waals surface area contributed by atoms with E-state index in [0.29, 0.717) is 0 Å². The predicted molar refractivity (Wildman–Crippen MR) is 47.3 cm³/mol. The number of rotatable bonds is 0. The third-order valence-corrected chi connectivity index (χ3v) is 2.55. The number of hydrogen-bond acceptors (Lipinski definition) is 9. The zero-order valence-electron chi connectivity index (χ0n) is 12.8. The van der Waals surface area contributed by atoms with Gasteiger partial charge in [-0.3, -0.25) is 0 Å². The van der Waals surface area contributed by atoms with Crippen LogP contribution < -0.4 is 99.8 Å². The second-order valence-electron chi connectivity index (χ2n) is 2.70. The van der Waals surface area contributed by atoms with E-state index in [1.165, 1.54) is 0 Å². The molecule has 9 nitrogen and oxygen atoms in total. The van der Waals surface area contributed by atoms with Gasteiger partial charge in [0.2, 0.25) is 0 Å². The molecule has 0 aliphatic heterocycles. The van der Waals surface area contributed by atoms with Crippen molar-refractivity contribution in [2.45, 2.75) is 16.5 Å². The van der Waals surface area contributed by atoms with Gasteiger partial charge in [-0.05, 0) is 0 Å². The molecule has 0 aromatic carbocycles. The fraction of sp³-hybridized carbons (Fsp3) is 1.00. The Bertz CT molecular complexity index is 609. The third kappa shape index (κ3) is 22.8. The van der Waals surface area contributed by atoms with Crippen molar-refractivity contribution in [3.63, 3.8) is 0 Å². The molecular weight excluding hydrogens is 516 g/mol. The van der Waals surface area contributed by atoms with Crippen molar-refractivity contribution >= 4 is 30.4 Å². The van der Waals surface area contributed by atoms with E-state index in [9.17, 15) is 39.5 Å². The van der Waals surface area contributed by atoms with E-state index < -0.39 is 46.9 Å². The first kappa shape index (κ1) is 43.3. The van der Waals surface area contributed by atoms with Gasteiger partial charge in [0.15, 0.2) is 30.4 Å². The first-order valence-corrected chi connectivity index (χ1v) is 8.04. The summed E-state index contributed by atoms with van der Waals surface area (Å²) >= 11 is 0. The second kappa shape index (κ2) is 14.4. The molecular formula is C3F9KLiNaO9S3. The van der Waals surface area contributed by atoms with E-state index >= 15 is 0 Å². The van der Waals surface area contributed by atoms with Gasteiger partial charge in [-0.1, -0.05) is 0 Å². The molecule has 0 aromatic rings. The summed E-state index contributed by atoms with van der Waals surface area (Å²) < 4.78 is 177. The van der Waals surface area contributed by atoms with Crippen molar-refractivity contribution in [2.24, 2.45) is 0 Å². The number of alkyl halides is 9. The normalized spacial score (nSPS) is 12.4. The molecule has 0 bridgehead atoms. The van der Waals surface area contributed by atoms with Gasteiger partial charge in [0, 0.05) is 0 Å². The maximum atomic E-state index is 10.7. The standard InChI is InChI=1S/3CHF3O3S.K.Li.Na/c3*2-1(3,4)8(5,6)7;;;/h3*(H,5,6,7);;;/q;;;3*+1/p-3. The van der Waals surface area contributed by atoms with Crippen LogP contribution in [0.25, 0.3) is 0 Å². The SMILES string of the molecule is O=S(=O)([O-])C(F)(F)F.O=S(=O)([O-])C(F)(F)F.O=S(=O)([O-])C(F)(F)F.[K+].[Li+].[Na+]. The molecule has 0 fully saturated rings. The summed E-state index contributed by atoms with van der Waals surface area (Å²) in [5.74, 6) is 0. The molecule has 0 N–H and O–H groups in total. The molecule has 0 aliphatic rings. The average molecular weight is 516 g/mol. The Morgan fingerprint density at radius 1 is 0.481 bits per heavy atom. The fourth-order valence-corrected chi connectivity index (χ4v) is 0. The summed E-state index contributed by atoms with van der Waals surface area (Å²) in [4.78, 5) is 0. The topological polar surface area (TPSA) is 172 Å². The van der Waals surface area contributed by atoms with Gasteiger partial charge in [-0.25, -0.2) is 25.3 Å². The zero-order valence-corrected chi connectivity index (χ0v) is 20.4. The zero-order chi connectivity index (χ0) is 21.0. The summed E-state index contributed by atoms with van der Waals surface area (Å²) in [5.41, 5.74) is -16.9. The summed E-state index contributed by atoms with van der Waals surface area (Å²) in [6, 6.07) is 0. The summed E-state index contributed by atoms with van der Waals surface area (Å²) in [7, 11) is -18.3. The van der Waals surface area contributed by atoms with Gasteiger partial charge < -0.3 is 13.7 Å². The van der Waals surface area contributed by atoms with E-state index in [1.807, 2.05) is 0 Å². The number of halogens is 9. The van der Waals surface area contributed by atoms with Crippen LogP contribution in [0.2, 0.25) is 0 Å². The largest absolute Gasteiger partial charge is 1.00 e. The van der Waals surface area contributed by atoms with E-state index in [-0.39, 0.29) is 99.8 Å². The van der Waals surface area contributed by atoms with Gasteiger partial charge in [-0.2, -0.15) is 39.5 Å². The Kier molecular flexibility index (Phi) is 23.1. The molecule has 0 saturated carbocycles. The molecule has 0 amide bonds. The first-order valence-electron chi connectivity index (χ1n) is 3.81.